The number of rotatable bonds is 6. The smallest absolute Gasteiger partial charge is 0.265 e. The van der Waals surface area contributed by atoms with Crippen molar-refractivity contribution in [1.82, 2.24) is 16.2 Å². The van der Waals surface area contributed by atoms with E-state index >= 15 is 0 Å². The second-order valence-electron chi connectivity index (χ2n) is 5.27. The van der Waals surface area contributed by atoms with Crippen LogP contribution in [0, 0.1) is 0 Å². The number of hydrogen-bond donors (Lipinski definition) is 3. The van der Waals surface area contributed by atoms with Gasteiger partial charge in [0.2, 0.25) is 0 Å². The number of carbonyl (C=O) groups excluding carboxylic acids is 2. The second kappa shape index (κ2) is 8.53. The quantitative estimate of drug-likeness (QED) is 0.716. The molecule has 2 rings (SSSR count). The third-order valence-corrected chi connectivity index (χ3v) is 3.52. The fourth-order valence-electron chi connectivity index (χ4n) is 2.05. The molecule has 0 aliphatic heterocycles. The molecule has 0 saturated carbocycles. The number of nitrogens with one attached hydrogen (secondary N) is 3. The van der Waals surface area contributed by atoms with Gasteiger partial charge in [-0.3, -0.25) is 15.0 Å². The molecule has 5 nitrogen and oxygen atoms in total. The van der Waals surface area contributed by atoms with Gasteiger partial charge in [0, 0.05) is 11.3 Å². The van der Waals surface area contributed by atoms with Crippen molar-refractivity contribution in [2.45, 2.75) is 19.9 Å². The van der Waals surface area contributed by atoms with Crippen molar-refractivity contribution in [3.63, 3.8) is 0 Å². The van der Waals surface area contributed by atoms with Crippen LogP contribution in [0.4, 0.5) is 0 Å². The van der Waals surface area contributed by atoms with E-state index in [4.69, 9.17) is 0 Å². The molecule has 0 fully saturated rings. The van der Waals surface area contributed by atoms with Crippen LogP contribution in [0.2, 0.25) is 0 Å². The van der Waals surface area contributed by atoms with E-state index in [0.29, 0.717) is 11.1 Å². The minimum atomic E-state index is -0.795. The Morgan fingerprint density at radius 1 is 0.917 bits per heavy atom. The van der Waals surface area contributed by atoms with Crippen molar-refractivity contribution in [1.29, 1.82) is 0 Å². The monoisotopic (exact) mass is 323 g/mol. The lowest BCUT2D eigenvalue weighted by atomic mass is 10.1. The molecule has 0 radical (unpaired) electrons. The summed E-state index contributed by atoms with van der Waals surface area (Å²) in [7, 11) is 0. The van der Waals surface area contributed by atoms with Gasteiger partial charge < -0.3 is 10.7 Å². The molecule has 0 aliphatic rings. The fourth-order valence-corrected chi connectivity index (χ4v) is 2.05. The predicted octanol–water partition coefficient (Wildman–Crippen LogP) is 2.70. The summed E-state index contributed by atoms with van der Waals surface area (Å²) in [6.45, 7) is 3.70. The van der Waals surface area contributed by atoms with E-state index in [1.54, 1.807) is 36.4 Å². The third kappa shape index (κ3) is 4.71. The molecule has 0 heterocycles. The van der Waals surface area contributed by atoms with E-state index in [1.165, 1.54) is 0 Å². The number of hydrazine groups is 1. The predicted molar refractivity (Wildman–Crippen MR) is 93.8 cm³/mol. The number of hydrogen-bond acceptors (Lipinski definition) is 3. The molecule has 2 amide bonds. The Balaban J connectivity index is 2.17. The Morgan fingerprint density at radius 3 is 2.08 bits per heavy atom. The van der Waals surface area contributed by atoms with Crippen LogP contribution in [-0.4, -0.2) is 11.8 Å². The lowest BCUT2D eigenvalue weighted by molar-refractivity contribution is -0.123. The highest BCUT2D eigenvalue weighted by atomic mass is 16.2. The van der Waals surface area contributed by atoms with Crippen LogP contribution < -0.4 is 16.2 Å². The van der Waals surface area contributed by atoms with Crippen LogP contribution in [-0.2, 0) is 4.79 Å². The molecule has 124 valence electrons. The first kappa shape index (κ1) is 17.3. The molecule has 2 aromatic carbocycles. The van der Waals surface area contributed by atoms with Crippen molar-refractivity contribution in [3.8, 4) is 0 Å². The van der Waals surface area contributed by atoms with E-state index < -0.39 is 6.04 Å². The van der Waals surface area contributed by atoms with Crippen molar-refractivity contribution >= 4 is 11.8 Å². The Kier molecular flexibility index (Phi) is 6.14. The van der Waals surface area contributed by atoms with Gasteiger partial charge in [0.15, 0.2) is 0 Å². The summed E-state index contributed by atoms with van der Waals surface area (Å²) in [6.07, 6.45) is 1.83. The van der Waals surface area contributed by atoms with Gasteiger partial charge in [-0.25, -0.2) is 0 Å². The highest BCUT2D eigenvalue weighted by molar-refractivity contribution is 5.97. The summed E-state index contributed by atoms with van der Waals surface area (Å²) in [4.78, 5) is 24.9. The van der Waals surface area contributed by atoms with Crippen LogP contribution >= 0.6 is 0 Å². The van der Waals surface area contributed by atoms with Crippen molar-refractivity contribution in [3.05, 3.63) is 83.6 Å². The standard InChI is InChI=1S/C19H21N3O2/c1-3-14(2)21-22-19(24)17(15-10-6-4-7-11-15)20-18(23)16-12-8-5-9-13-16/h3-13,17,21H,1-2H3,(H,20,23)(H,22,24). The number of allylic oxidation sites excluding steroid dienone is 2. The number of benzene rings is 2. The Labute approximate surface area is 141 Å². The van der Waals surface area contributed by atoms with Crippen molar-refractivity contribution in [2.75, 3.05) is 0 Å². The van der Waals surface area contributed by atoms with Crippen LogP contribution in [0.15, 0.2) is 72.4 Å². The van der Waals surface area contributed by atoms with E-state index in [-0.39, 0.29) is 11.8 Å². The highest BCUT2D eigenvalue weighted by Gasteiger charge is 2.23. The van der Waals surface area contributed by atoms with E-state index in [0.717, 1.165) is 5.70 Å². The van der Waals surface area contributed by atoms with Gasteiger partial charge in [0.1, 0.15) is 6.04 Å². The maximum atomic E-state index is 12.5. The van der Waals surface area contributed by atoms with Gasteiger partial charge in [-0.05, 0) is 31.5 Å². The molecule has 1 unspecified atom stereocenters. The summed E-state index contributed by atoms with van der Waals surface area (Å²) in [6, 6.07) is 17.1. The topological polar surface area (TPSA) is 70.2 Å². The molecule has 0 aliphatic carbocycles. The summed E-state index contributed by atoms with van der Waals surface area (Å²) >= 11 is 0. The summed E-state index contributed by atoms with van der Waals surface area (Å²) in [5.74, 6) is -0.644. The first-order chi connectivity index (χ1) is 11.6. The van der Waals surface area contributed by atoms with Crippen molar-refractivity contribution in [2.24, 2.45) is 0 Å². The molecule has 5 heteroatoms. The Bertz CT molecular complexity index is 712. The minimum absolute atomic E-state index is 0.303. The van der Waals surface area contributed by atoms with Crippen LogP contribution in [0.25, 0.3) is 0 Å². The number of carbonyl (C=O) groups is 2. The first-order valence-corrected chi connectivity index (χ1v) is 7.71. The molecular formula is C19H21N3O2. The molecule has 2 aromatic rings. The molecule has 24 heavy (non-hydrogen) atoms. The van der Waals surface area contributed by atoms with E-state index in [1.807, 2.05) is 44.2 Å². The molecule has 1 atom stereocenters. The third-order valence-electron chi connectivity index (χ3n) is 3.52. The largest absolute Gasteiger partial charge is 0.336 e. The Hall–Kier alpha value is -3.08. The minimum Gasteiger partial charge on any atom is -0.336 e. The molecular weight excluding hydrogens is 302 g/mol. The zero-order chi connectivity index (χ0) is 17.4. The molecule has 0 aromatic heterocycles. The van der Waals surface area contributed by atoms with Crippen molar-refractivity contribution < 1.29 is 9.59 Å². The van der Waals surface area contributed by atoms with Crippen LogP contribution in [0.1, 0.15) is 35.8 Å². The average molecular weight is 323 g/mol. The van der Waals surface area contributed by atoms with Gasteiger partial charge in [-0.2, -0.15) is 0 Å². The molecule has 0 saturated heterocycles. The lowest BCUT2D eigenvalue weighted by Crippen LogP contribution is -2.45. The maximum Gasteiger partial charge on any atom is 0.265 e. The van der Waals surface area contributed by atoms with Gasteiger partial charge in [-0.15, -0.1) is 0 Å². The maximum absolute atomic E-state index is 12.5. The zero-order valence-corrected chi connectivity index (χ0v) is 13.7. The summed E-state index contributed by atoms with van der Waals surface area (Å²) in [5, 5.41) is 2.78. The summed E-state index contributed by atoms with van der Waals surface area (Å²) in [5.41, 5.74) is 7.44. The Morgan fingerprint density at radius 2 is 1.50 bits per heavy atom. The second-order valence-corrected chi connectivity index (χ2v) is 5.27. The molecule has 0 spiro atoms. The van der Waals surface area contributed by atoms with Crippen LogP contribution in [0.3, 0.4) is 0 Å². The van der Waals surface area contributed by atoms with Gasteiger partial charge in [0.05, 0.1) is 0 Å². The van der Waals surface area contributed by atoms with E-state index in [9.17, 15) is 9.59 Å². The highest BCUT2D eigenvalue weighted by Crippen LogP contribution is 2.14. The van der Waals surface area contributed by atoms with Gasteiger partial charge in [-0.1, -0.05) is 54.6 Å². The lowest BCUT2D eigenvalue weighted by Gasteiger charge is -2.19. The number of amides is 2. The SMILES string of the molecule is CC=C(C)NNC(=O)C(NC(=O)c1ccccc1)c1ccccc1. The molecule has 0 bridgehead atoms. The summed E-state index contributed by atoms with van der Waals surface area (Å²) < 4.78 is 0. The van der Waals surface area contributed by atoms with E-state index in [2.05, 4.69) is 16.2 Å². The fraction of sp³-hybridized carbons (Fsp3) is 0.158. The van der Waals surface area contributed by atoms with Gasteiger partial charge >= 0.3 is 0 Å². The first-order valence-electron chi connectivity index (χ1n) is 7.71. The zero-order valence-electron chi connectivity index (χ0n) is 13.7. The van der Waals surface area contributed by atoms with Crippen LogP contribution in [0.5, 0.6) is 0 Å². The average Bonchev–Trinajstić information content (AvgIpc) is 2.65. The normalized spacial score (nSPS) is 12.2. The molecule has 3 N–H and O–H groups in total. The van der Waals surface area contributed by atoms with Gasteiger partial charge in [0.25, 0.3) is 11.8 Å².